The molecule has 108 valence electrons. The maximum Gasteiger partial charge on any atom is 0.0614 e. The molecule has 1 nitrogen and oxygen atoms in total. The molecule has 1 fully saturated rings. The second-order valence-electron chi connectivity index (χ2n) is 7.23. The highest BCUT2D eigenvalue weighted by molar-refractivity contribution is 5.36. The Labute approximate surface area is 124 Å². The average Bonchev–Trinajstić information content (AvgIpc) is 2.34. The van der Waals surface area contributed by atoms with Gasteiger partial charge in [0.05, 0.1) is 6.54 Å². The summed E-state index contributed by atoms with van der Waals surface area (Å²) in [6.45, 7) is 12.4. The third-order valence-electron chi connectivity index (χ3n) is 4.56. The fourth-order valence-electron chi connectivity index (χ4n) is 3.33. The molecule has 0 amide bonds. The highest BCUT2D eigenvalue weighted by Gasteiger charge is 2.40. The topological polar surface area (TPSA) is 3.24 Å². The van der Waals surface area contributed by atoms with Crippen LogP contribution in [0.25, 0.3) is 0 Å². The zero-order valence-corrected chi connectivity index (χ0v) is 13.6. The van der Waals surface area contributed by atoms with Gasteiger partial charge in [-0.3, -0.25) is 4.90 Å². The van der Waals surface area contributed by atoms with E-state index in [9.17, 15) is 0 Å². The van der Waals surface area contributed by atoms with Crippen molar-refractivity contribution in [3.05, 3.63) is 35.4 Å². The first-order chi connectivity index (χ1) is 9.31. The summed E-state index contributed by atoms with van der Waals surface area (Å²) in [5.74, 6) is 6.68. The van der Waals surface area contributed by atoms with E-state index in [4.69, 9.17) is 0 Å². The monoisotopic (exact) mass is 269 g/mol. The number of likely N-dealkylation sites (tertiary alicyclic amines) is 1. The van der Waals surface area contributed by atoms with E-state index >= 15 is 0 Å². The lowest BCUT2D eigenvalue weighted by Crippen LogP contribution is -2.58. The second-order valence-corrected chi connectivity index (χ2v) is 7.23. The Kier molecular flexibility index (Phi) is 4.25. The summed E-state index contributed by atoms with van der Waals surface area (Å²) >= 11 is 0. The van der Waals surface area contributed by atoms with Gasteiger partial charge in [0.25, 0.3) is 0 Å². The molecular formula is C19H27N. The third-order valence-corrected chi connectivity index (χ3v) is 4.56. The van der Waals surface area contributed by atoms with Crippen molar-refractivity contribution in [1.82, 2.24) is 4.90 Å². The molecule has 2 rings (SSSR count). The Hall–Kier alpha value is -1.26. The fourth-order valence-corrected chi connectivity index (χ4v) is 3.33. The summed E-state index contributed by atoms with van der Waals surface area (Å²) in [6, 6.07) is 8.46. The van der Waals surface area contributed by atoms with E-state index in [1.54, 1.807) is 0 Å². The number of aryl methyl sites for hydroxylation is 1. The average molecular weight is 269 g/mol. The molecule has 1 aromatic rings. The van der Waals surface area contributed by atoms with Crippen LogP contribution in [0.1, 0.15) is 58.1 Å². The van der Waals surface area contributed by atoms with Gasteiger partial charge in [-0.25, -0.2) is 0 Å². The van der Waals surface area contributed by atoms with E-state index in [0.717, 1.165) is 12.1 Å². The zero-order valence-electron chi connectivity index (χ0n) is 13.6. The normalized spacial score (nSPS) is 21.1. The molecular weight excluding hydrogens is 242 g/mol. The molecule has 1 aliphatic heterocycles. The minimum absolute atomic E-state index is 0.254. The molecule has 0 saturated carbocycles. The van der Waals surface area contributed by atoms with E-state index in [1.807, 2.05) is 0 Å². The van der Waals surface area contributed by atoms with Crippen molar-refractivity contribution in [3.63, 3.8) is 0 Å². The minimum atomic E-state index is 0.254. The van der Waals surface area contributed by atoms with Crippen molar-refractivity contribution in [2.75, 3.05) is 6.54 Å². The van der Waals surface area contributed by atoms with Gasteiger partial charge in [-0.15, -0.1) is 0 Å². The molecule has 0 aromatic heterocycles. The van der Waals surface area contributed by atoms with Gasteiger partial charge in [0.15, 0.2) is 0 Å². The molecule has 0 spiro atoms. The fraction of sp³-hybridized carbons (Fsp3) is 0.579. The quantitative estimate of drug-likeness (QED) is 0.683. The largest absolute Gasteiger partial charge is 0.282 e. The highest BCUT2D eigenvalue weighted by atomic mass is 15.2. The van der Waals surface area contributed by atoms with E-state index in [2.05, 4.69) is 75.6 Å². The number of rotatable bonds is 1. The smallest absolute Gasteiger partial charge is 0.0614 e. The summed E-state index contributed by atoms with van der Waals surface area (Å²) < 4.78 is 0. The number of hydrogen-bond donors (Lipinski definition) is 0. The van der Waals surface area contributed by atoms with Crippen LogP contribution in [-0.4, -0.2) is 22.5 Å². The van der Waals surface area contributed by atoms with Crippen LogP contribution >= 0.6 is 0 Å². The number of benzene rings is 1. The van der Waals surface area contributed by atoms with Crippen LogP contribution in [0.4, 0.5) is 0 Å². The summed E-state index contributed by atoms with van der Waals surface area (Å²) in [5, 5.41) is 0. The Morgan fingerprint density at radius 2 is 1.55 bits per heavy atom. The van der Waals surface area contributed by atoms with Crippen LogP contribution in [0, 0.1) is 18.8 Å². The Bertz CT molecular complexity index is 495. The second kappa shape index (κ2) is 5.62. The summed E-state index contributed by atoms with van der Waals surface area (Å²) in [5.41, 5.74) is 2.91. The van der Waals surface area contributed by atoms with E-state index in [1.165, 1.54) is 24.8 Å². The lowest BCUT2D eigenvalue weighted by atomic mass is 9.80. The molecule has 1 aromatic carbocycles. The van der Waals surface area contributed by atoms with Crippen LogP contribution in [0.2, 0.25) is 0 Å². The predicted octanol–water partition coefficient (Wildman–Crippen LogP) is 4.39. The number of nitrogens with zero attached hydrogens (tertiary/aromatic N) is 1. The maximum absolute atomic E-state index is 3.38. The van der Waals surface area contributed by atoms with Gasteiger partial charge in [-0.1, -0.05) is 29.5 Å². The van der Waals surface area contributed by atoms with Gasteiger partial charge in [0.2, 0.25) is 0 Å². The van der Waals surface area contributed by atoms with E-state index in [-0.39, 0.29) is 11.1 Å². The molecule has 1 saturated heterocycles. The first-order valence-corrected chi connectivity index (χ1v) is 7.65. The molecule has 20 heavy (non-hydrogen) atoms. The predicted molar refractivity (Wildman–Crippen MR) is 86.8 cm³/mol. The zero-order chi connectivity index (χ0) is 14.8. The molecule has 0 atom stereocenters. The standard InChI is InChI=1S/C19H27N/c1-16-9-11-17(12-10-16)8-6-15-20-18(2,3)13-7-14-19(20,4)5/h9-12H,7,13-15H2,1-5H3. The van der Waals surface area contributed by atoms with Gasteiger partial charge >= 0.3 is 0 Å². The van der Waals surface area contributed by atoms with Crippen LogP contribution in [0.3, 0.4) is 0 Å². The van der Waals surface area contributed by atoms with Crippen LogP contribution in [0.5, 0.6) is 0 Å². The lowest BCUT2D eigenvalue weighted by molar-refractivity contribution is -0.0144. The molecule has 0 radical (unpaired) electrons. The summed E-state index contributed by atoms with van der Waals surface area (Å²) in [6.07, 6.45) is 3.85. The van der Waals surface area contributed by atoms with E-state index < -0.39 is 0 Å². The molecule has 0 aliphatic carbocycles. The SMILES string of the molecule is Cc1ccc(C#CCN2C(C)(C)CCCC2(C)C)cc1. The van der Waals surface area contributed by atoms with Crippen molar-refractivity contribution in [3.8, 4) is 11.8 Å². The van der Waals surface area contributed by atoms with Gasteiger partial charge in [-0.2, -0.15) is 0 Å². The molecule has 1 aliphatic rings. The van der Waals surface area contributed by atoms with Gasteiger partial charge in [0, 0.05) is 16.6 Å². The van der Waals surface area contributed by atoms with Gasteiger partial charge < -0.3 is 0 Å². The molecule has 1 heteroatoms. The van der Waals surface area contributed by atoms with Gasteiger partial charge in [0.1, 0.15) is 0 Å². The highest BCUT2D eigenvalue weighted by Crippen LogP contribution is 2.37. The summed E-state index contributed by atoms with van der Waals surface area (Å²) in [7, 11) is 0. The van der Waals surface area contributed by atoms with Crippen LogP contribution < -0.4 is 0 Å². The molecule has 0 N–H and O–H groups in total. The minimum Gasteiger partial charge on any atom is -0.282 e. The summed E-state index contributed by atoms with van der Waals surface area (Å²) in [4.78, 5) is 2.57. The van der Waals surface area contributed by atoms with E-state index in [0.29, 0.717) is 0 Å². The molecule has 1 heterocycles. The lowest BCUT2D eigenvalue weighted by Gasteiger charge is -2.52. The number of piperidine rings is 1. The van der Waals surface area contributed by atoms with Crippen LogP contribution in [0.15, 0.2) is 24.3 Å². The van der Waals surface area contributed by atoms with Crippen molar-refractivity contribution in [2.24, 2.45) is 0 Å². The van der Waals surface area contributed by atoms with Crippen LogP contribution in [-0.2, 0) is 0 Å². The maximum atomic E-state index is 3.38. The Morgan fingerprint density at radius 1 is 1.00 bits per heavy atom. The number of hydrogen-bond acceptors (Lipinski definition) is 1. The van der Waals surface area contributed by atoms with Crippen molar-refractivity contribution in [1.29, 1.82) is 0 Å². The third kappa shape index (κ3) is 3.44. The first-order valence-electron chi connectivity index (χ1n) is 7.65. The Balaban J connectivity index is 2.10. The molecule has 0 bridgehead atoms. The first kappa shape index (κ1) is 15.1. The van der Waals surface area contributed by atoms with Crippen molar-refractivity contribution >= 4 is 0 Å². The van der Waals surface area contributed by atoms with Gasteiger partial charge in [-0.05, 0) is 66.0 Å². The Morgan fingerprint density at radius 3 is 2.10 bits per heavy atom. The molecule has 0 unspecified atom stereocenters. The van der Waals surface area contributed by atoms with Crippen molar-refractivity contribution in [2.45, 2.75) is 65.0 Å². The van der Waals surface area contributed by atoms with Crippen molar-refractivity contribution < 1.29 is 0 Å².